The monoisotopic (exact) mass is 271 g/mol. The van der Waals surface area contributed by atoms with Gasteiger partial charge in [-0.3, -0.25) is 4.79 Å². The Morgan fingerprint density at radius 1 is 1.67 bits per heavy atom. The minimum atomic E-state index is -0.911. The van der Waals surface area contributed by atoms with Crippen LogP contribution in [0, 0.1) is 0 Å². The summed E-state index contributed by atoms with van der Waals surface area (Å²) >= 11 is 1.39. The number of rotatable bonds is 5. The highest BCUT2D eigenvalue weighted by atomic mass is 32.1. The molecule has 6 heteroatoms. The van der Waals surface area contributed by atoms with Crippen LogP contribution in [0.5, 0.6) is 0 Å². The number of aliphatic hydroxyl groups is 1. The van der Waals surface area contributed by atoms with Gasteiger partial charge in [-0.2, -0.15) is 0 Å². The van der Waals surface area contributed by atoms with Crippen LogP contribution >= 0.6 is 11.3 Å². The summed E-state index contributed by atoms with van der Waals surface area (Å²) in [6, 6.07) is -0.166. The molecule has 0 aliphatic carbocycles. The summed E-state index contributed by atoms with van der Waals surface area (Å²) in [7, 11) is 0. The second-order valence-corrected chi connectivity index (χ2v) is 5.88. The largest absolute Gasteiger partial charge is 0.389 e. The summed E-state index contributed by atoms with van der Waals surface area (Å²) in [5.74, 6) is -0.164. The predicted octanol–water partition coefficient (Wildman–Crippen LogP) is 1.40. The summed E-state index contributed by atoms with van der Waals surface area (Å²) in [6.45, 7) is 7.89. The maximum Gasteiger partial charge on any atom is 0.273 e. The summed E-state index contributed by atoms with van der Waals surface area (Å²) in [5.41, 5.74) is 5.21. The lowest BCUT2D eigenvalue weighted by Crippen LogP contribution is -2.42. The standard InChI is InChI=1S/C12H21N3O2S/c1-5-15(7-12(3,4)17)11(16)9-6-18-10(14-9)8(2)13/h6,8,17H,5,7,13H2,1-4H3. The second-order valence-electron chi connectivity index (χ2n) is 4.99. The summed E-state index contributed by atoms with van der Waals surface area (Å²) in [5, 5.41) is 12.2. The summed E-state index contributed by atoms with van der Waals surface area (Å²) in [6.07, 6.45) is 0. The molecule has 1 aromatic heterocycles. The molecule has 1 rings (SSSR count). The first-order chi connectivity index (χ1) is 8.24. The number of nitrogens with two attached hydrogens (primary N) is 1. The van der Waals surface area contributed by atoms with E-state index in [2.05, 4.69) is 4.98 Å². The Morgan fingerprint density at radius 3 is 2.67 bits per heavy atom. The van der Waals surface area contributed by atoms with Gasteiger partial charge in [-0.1, -0.05) is 0 Å². The van der Waals surface area contributed by atoms with Gasteiger partial charge in [0.15, 0.2) is 0 Å². The van der Waals surface area contributed by atoms with Crippen LogP contribution in [0.25, 0.3) is 0 Å². The first kappa shape index (κ1) is 15.1. The lowest BCUT2D eigenvalue weighted by atomic mass is 10.1. The molecule has 0 fully saturated rings. The van der Waals surface area contributed by atoms with Crippen molar-refractivity contribution in [3.63, 3.8) is 0 Å². The molecule has 1 unspecified atom stereocenters. The van der Waals surface area contributed by atoms with E-state index in [4.69, 9.17) is 5.73 Å². The first-order valence-electron chi connectivity index (χ1n) is 5.97. The molecular formula is C12H21N3O2S. The van der Waals surface area contributed by atoms with Crippen LogP contribution in [0.3, 0.4) is 0 Å². The Balaban J connectivity index is 2.83. The number of aromatic nitrogens is 1. The summed E-state index contributed by atoms with van der Waals surface area (Å²) < 4.78 is 0. The van der Waals surface area contributed by atoms with E-state index in [1.807, 2.05) is 13.8 Å². The van der Waals surface area contributed by atoms with Crippen molar-refractivity contribution in [1.82, 2.24) is 9.88 Å². The van der Waals surface area contributed by atoms with Gasteiger partial charge in [0.1, 0.15) is 10.7 Å². The molecule has 0 saturated carbocycles. The molecule has 0 saturated heterocycles. The fraction of sp³-hybridized carbons (Fsp3) is 0.667. The van der Waals surface area contributed by atoms with E-state index < -0.39 is 5.60 Å². The van der Waals surface area contributed by atoms with Crippen molar-refractivity contribution in [3.8, 4) is 0 Å². The van der Waals surface area contributed by atoms with Crippen LogP contribution in [-0.4, -0.2) is 39.6 Å². The number of hydrogen-bond acceptors (Lipinski definition) is 5. The fourth-order valence-electron chi connectivity index (χ4n) is 1.55. The van der Waals surface area contributed by atoms with Crippen molar-refractivity contribution >= 4 is 17.2 Å². The Hall–Kier alpha value is -0.980. The average molecular weight is 271 g/mol. The normalized spacial score (nSPS) is 13.4. The van der Waals surface area contributed by atoms with Crippen LogP contribution in [0.2, 0.25) is 0 Å². The highest BCUT2D eigenvalue weighted by Crippen LogP contribution is 2.17. The molecule has 0 radical (unpaired) electrons. The van der Waals surface area contributed by atoms with Gasteiger partial charge in [-0.25, -0.2) is 4.98 Å². The van der Waals surface area contributed by atoms with E-state index in [1.165, 1.54) is 11.3 Å². The predicted molar refractivity (Wildman–Crippen MR) is 72.6 cm³/mol. The van der Waals surface area contributed by atoms with Gasteiger partial charge in [0, 0.05) is 18.5 Å². The first-order valence-corrected chi connectivity index (χ1v) is 6.85. The van der Waals surface area contributed by atoms with Crippen molar-refractivity contribution in [2.75, 3.05) is 13.1 Å². The van der Waals surface area contributed by atoms with Gasteiger partial charge in [0.25, 0.3) is 5.91 Å². The molecule has 0 aromatic carbocycles. The third-order valence-electron chi connectivity index (χ3n) is 2.38. The van der Waals surface area contributed by atoms with Gasteiger partial charge in [0.2, 0.25) is 0 Å². The molecule has 5 nitrogen and oxygen atoms in total. The number of carbonyl (C=O) groups excluding carboxylic acids is 1. The molecule has 1 heterocycles. The second kappa shape index (κ2) is 5.77. The van der Waals surface area contributed by atoms with E-state index in [0.717, 1.165) is 5.01 Å². The number of hydrogen-bond donors (Lipinski definition) is 2. The number of carbonyl (C=O) groups is 1. The van der Waals surface area contributed by atoms with Crippen molar-refractivity contribution in [1.29, 1.82) is 0 Å². The average Bonchev–Trinajstić information content (AvgIpc) is 2.72. The fourth-order valence-corrected chi connectivity index (χ4v) is 2.30. The number of amides is 1. The Labute approximate surface area is 112 Å². The number of nitrogens with zero attached hydrogens (tertiary/aromatic N) is 2. The highest BCUT2D eigenvalue weighted by Gasteiger charge is 2.24. The zero-order valence-electron chi connectivity index (χ0n) is 11.3. The van der Waals surface area contributed by atoms with Crippen LogP contribution in [0.4, 0.5) is 0 Å². The van der Waals surface area contributed by atoms with E-state index in [9.17, 15) is 9.90 Å². The maximum atomic E-state index is 12.2. The molecule has 18 heavy (non-hydrogen) atoms. The Kier molecular flexibility index (Phi) is 4.84. The molecule has 1 amide bonds. The molecule has 3 N–H and O–H groups in total. The van der Waals surface area contributed by atoms with Gasteiger partial charge in [0.05, 0.1) is 11.6 Å². The number of likely N-dealkylation sites (N-methyl/N-ethyl adjacent to an activating group) is 1. The van der Waals surface area contributed by atoms with Crippen LogP contribution in [0.1, 0.15) is 49.2 Å². The molecule has 0 aliphatic rings. The quantitative estimate of drug-likeness (QED) is 0.848. The zero-order chi connectivity index (χ0) is 13.9. The van der Waals surface area contributed by atoms with Gasteiger partial charge < -0.3 is 15.7 Å². The lowest BCUT2D eigenvalue weighted by Gasteiger charge is -2.27. The van der Waals surface area contributed by atoms with E-state index in [-0.39, 0.29) is 18.5 Å². The van der Waals surface area contributed by atoms with Crippen LogP contribution < -0.4 is 5.73 Å². The molecular weight excluding hydrogens is 250 g/mol. The molecule has 102 valence electrons. The van der Waals surface area contributed by atoms with Crippen molar-refractivity contribution in [2.24, 2.45) is 5.73 Å². The smallest absolute Gasteiger partial charge is 0.273 e. The molecule has 0 bridgehead atoms. The minimum absolute atomic E-state index is 0.164. The van der Waals surface area contributed by atoms with Crippen LogP contribution in [-0.2, 0) is 0 Å². The van der Waals surface area contributed by atoms with Gasteiger partial charge in [-0.05, 0) is 27.7 Å². The Morgan fingerprint density at radius 2 is 2.28 bits per heavy atom. The van der Waals surface area contributed by atoms with E-state index in [0.29, 0.717) is 12.2 Å². The highest BCUT2D eigenvalue weighted by molar-refractivity contribution is 7.09. The van der Waals surface area contributed by atoms with E-state index >= 15 is 0 Å². The third kappa shape index (κ3) is 4.04. The number of thiazole rings is 1. The molecule has 0 spiro atoms. The minimum Gasteiger partial charge on any atom is -0.389 e. The van der Waals surface area contributed by atoms with Crippen molar-refractivity contribution in [3.05, 3.63) is 16.1 Å². The molecule has 0 aliphatic heterocycles. The molecule has 1 atom stereocenters. The SMILES string of the molecule is CCN(CC(C)(C)O)C(=O)c1csc(C(C)N)n1. The van der Waals surface area contributed by atoms with Crippen LogP contribution in [0.15, 0.2) is 5.38 Å². The Bertz CT molecular complexity index is 410. The maximum absolute atomic E-state index is 12.2. The topological polar surface area (TPSA) is 79.5 Å². The molecule has 1 aromatic rings. The zero-order valence-corrected chi connectivity index (χ0v) is 12.1. The van der Waals surface area contributed by atoms with Crippen molar-refractivity contribution in [2.45, 2.75) is 39.3 Å². The third-order valence-corrected chi connectivity index (χ3v) is 3.42. The van der Waals surface area contributed by atoms with Gasteiger partial charge in [-0.15, -0.1) is 11.3 Å². The van der Waals surface area contributed by atoms with Gasteiger partial charge >= 0.3 is 0 Å². The summed E-state index contributed by atoms with van der Waals surface area (Å²) in [4.78, 5) is 18.0. The van der Waals surface area contributed by atoms with Crippen molar-refractivity contribution < 1.29 is 9.90 Å². The lowest BCUT2D eigenvalue weighted by molar-refractivity contribution is 0.0312. The van der Waals surface area contributed by atoms with E-state index in [1.54, 1.807) is 24.1 Å².